The topological polar surface area (TPSA) is 87.7 Å². The molecule has 0 heterocycles. The van der Waals surface area contributed by atoms with Crippen LogP contribution < -0.4 is 10.6 Å². The van der Waals surface area contributed by atoms with Gasteiger partial charge < -0.3 is 20.3 Å². The van der Waals surface area contributed by atoms with Crippen molar-refractivity contribution in [1.29, 1.82) is 0 Å². The average molecular weight is 476 g/mol. The molecule has 0 spiro atoms. The van der Waals surface area contributed by atoms with Crippen LogP contribution in [0, 0.1) is 5.92 Å². The monoisotopic (exact) mass is 475 g/mol. The van der Waals surface area contributed by atoms with E-state index in [-0.39, 0.29) is 23.8 Å². The van der Waals surface area contributed by atoms with Crippen molar-refractivity contribution >= 4 is 17.9 Å². The summed E-state index contributed by atoms with van der Waals surface area (Å²) in [6, 6.07) is 7.68. The summed E-state index contributed by atoms with van der Waals surface area (Å²) in [5, 5.41) is 5.77. The molecule has 0 radical (unpaired) electrons. The van der Waals surface area contributed by atoms with Crippen LogP contribution in [0.4, 0.5) is 4.79 Å². The molecule has 3 atom stereocenters. The SMILES string of the molecule is CCCCCN(C(=O)C(NC(=O)OC(C)(C)C)C(C)CC)C(C(=O)NC(C)C)c1ccccc1. The Morgan fingerprint density at radius 3 is 2.09 bits per heavy atom. The number of ether oxygens (including phenoxy) is 1. The van der Waals surface area contributed by atoms with Crippen LogP contribution in [0.25, 0.3) is 0 Å². The zero-order valence-corrected chi connectivity index (χ0v) is 22.3. The van der Waals surface area contributed by atoms with E-state index in [1.54, 1.807) is 25.7 Å². The van der Waals surface area contributed by atoms with Crippen molar-refractivity contribution in [1.82, 2.24) is 15.5 Å². The van der Waals surface area contributed by atoms with E-state index >= 15 is 0 Å². The number of nitrogens with zero attached hydrogens (tertiary/aromatic N) is 1. The van der Waals surface area contributed by atoms with E-state index < -0.39 is 23.8 Å². The highest BCUT2D eigenvalue weighted by Crippen LogP contribution is 2.25. The fourth-order valence-electron chi connectivity index (χ4n) is 3.67. The number of hydrogen-bond donors (Lipinski definition) is 2. The van der Waals surface area contributed by atoms with E-state index in [2.05, 4.69) is 17.6 Å². The minimum Gasteiger partial charge on any atom is -0.444 e. The van der Waals surface area contributed by atoms with E-state index in [0.717, 1.165) is 24.8 Å². The van der Waals surface area contributed by atoms with Crippen LogP contribution >= 0.6 is 0 Å². The molecular formula is C27H45N3O4. The predicted molar refractivity (Wildman–Crippen MR) is 136 cm³/mol. The summed E-state index contributed by atoms with van der Waals surface area (Å²) in [5.74, 6) is -0.645. The molecule has 3 amide bonds. The van der Waals surface area contributed by atoms with E-state index in [4.69, 9.17) is 4.74 Å². The Kier molecular flexibility index (Phi) is 12.1. The molecule has 0 saturated heterocycles. The molecular weight excluding hydrogens is 430 g/mol. The molecule has 192 valence electrons. The van der Waals surface area contributed by atoms with E-state index in [9.17, 15) is 14.4 Å². The first kappa shape index (κ1) is 29.5. The maximum atomic E-state index is 14.0. The molecule has 7 nitrogen and oxygen atoms in total. The maximum absolute atomic E-state index is 14.0. The van der Waals surface area contributed by atoms with Crippen molar-refractivity contribution in [3.05, 3.63) is 35.9 Å². The Bertz CT molecular complexity index is 774. The smallest absolute Gasteiger partial charge is 0.408 e. The number of hydrogen-bond acceptors (Lipinski definition) is 4. The Morgan fingerprint density at radius 2 is 1.59 bits per heavy atom. The van der Waals surface area contributed by atoms with Gasteiger partial charge in [-0.2, -0.15) is 0 Å². The highest BCUT2D eigenvalue weighted by atomic mass is 16.6. The lowest BCUT2D eigenvalue weighted by molar-refractivity contribution is -0.143. The molecule has 0 aliphatic heterocycles. The first-order valence-corrected chi connectivity index (χ1v) is 12.6. The van der Waals surface area contributed by atoms with Crippen molar-refractivity contribution in [2.24, 2.45) is 5.92 Å². The first-order chi connectivity index (χ1) is 15.9. The van der Waals surface area contributed by atoms with Gasteiger partial charge in [0.25, 0.3) is 0 Å². The maximum Gasteiger partial charge on any atom is 0.408 e. The summed E-state index contributed by atoms with van der Waals surface area (Å²) in [5.41, 5.74) is 0.0585. The number of benzene rings is 1. The fraction of sp³-hybridized carbons (Fsp3) is 0.667. The second kappa shape index (κ2) is 14.0. The molecule has 0 aliphatic carbocycles. The molecule has 0 aromatic heterocycles. The van der Waals surface area contributed by atoms with Crippen molar-refractivity contribution in [2.75, 3.05) is 6.54 Å². The van der Waals surface area contributed by atoms with E-state index in [1.165, 1.54) is 0 Å². The molecule has 0 fully saturated rings. The van der Waals surface area contributed by atoms with Crippen LogP contribution in [-0.4, -0.2) is 47.0 Å². The third-order valence-electron chi connectivity index (χ3n) is 5.54. The van der Waals surface area contributed by atoms with Crippen LogP contribution in [0.1, 0.15) is 92.7 Å². The van der Waals surface area contributed by atoms with Gasteiger partial charge in [-0.1, -0.05) is 70.4 Å². The lowest BCUT2D eigenvalue weighted by atomic mass is 9.95. The lowest BCUT2D eigenvalue weighted by Crippen LogP contribution is -2.55. The molecule has 0 saturated carbocycles. The molecule has 7 heteroatoms. The number of alkyl carbamates (subject to hydrolysis) is 1. The van der Waals surface area contributed by atoms with Crippen LogP contribution in [0.5, 0.6) is 0 Å². The highest BCUT2D eigenvalue weighted by molar-refractivity contribution is 5.92. The number of nitrogens with one attached hydrogen (secondary N) is 2. The zero-order valence-electron chi connectivity index (χ0n) is 22.3. The van der Waals surface area contributed by atoms with Crippen molar-refractivity contribution in [2.45, 2.75) is 105 Å². The average Bonchev–Trinajstić information content (AvgIpc) is 2.74. The Labute approximate surface area is 206 Å². The van der Waals surface area contributed by atoms with Crippen molar-refractivity contribution in [3.8, 4) is 0 Å². The third-order valence-corrected chi connectivity index (χ3v) is 5.54. The Hall–Kier alpha value is -2.57. The summed E-state index contributed by atoms with van der Waals surface area (Å²) < 4.78 is 5.44. The molecule has 0 bridgehead atoms. The molecule has 2 N–H and O–H groups in total. The van der Waals surface area contributed by atoms with Gasteiger partial charge in [0.1, 0.15) is 17.7 Å². The van der Waals surface area contributed by atoms with Gasteiger partial charge in [-0.25, -0.2) is 4.79 Å². The van der Waals surface area contributed by atoms with Gasteiger partial charge in [0.15, 0.2) is 0 Å². The number of rotatable bonds is 12. The molecule has 34 heavy (non-hydrogen) atoms. The second-order valence-electron chi connectivity index (χ2n) is 10.2. The molecule has 3 unspecified atom stereocenters. The Morgan fingerprint density at radius 1 is 0.971 bits per heavy atom. The fourth-order valence-corrected chi connectivity index (χ4v) is 3.67. The minimum absolute atomic E-state index is 0.0726. The summed E-state index contributed by atoms with van der Waals surface area (Å²) in [7, 11) is 0. The second-order valence-corrected chi connectivity index (χ2v) is 10.2. The largest absolute Gasteiger partial charge is 0.444 e. The van der Waals surface area contributed by atoms with Gasteiger partial charge in [0.2, 0.25) is 11.8 Å². The van der Waals surface area contributed by atoms with Gasteiger partial charge in [0, 0.05) is 12.6 Å². The quantitative estimate of drug-likeness (QED) is 0.406. The van der Waals surface area contributed by atoms with Crippen LogP contribution in [0.2, 0.25) is 0 Å². The Balaban J connectivity index is 3.42. The third kappa shape index (κ3) is 9.74. The summed E-state index contributed by atoms with van der Waals surface area (Å²) >= 11 is 0. The van der Waals surface area contributed by atoms with Crippen LogP contribution in [0.3, 0.4) is 0 Å². The summed E-state index contributed by atoms with van der Waals surface area (Å²) in [6.07, 6.45) is 2.73. The number of unbranched alkanes of at least 4 members (excludes halogenated alkanes) is 2. The van der Waals surface area contributed by atoms with Gasteiger partial charge in [-0.05, 0) is 52.5 Å². The normalized spacial score (nSPS) is 14.1. The standard InChI is InChI=1S/C27H45N3O4/c1-9-11-15-18-30(23(24(31)28-19(3)4)21-16-13-12-14-17-21)25(32)22(20(5)10-2)29-26(33)34-27(6,7)8/h12-14,16-17,19-20,22-23H,9-11,15,18H2,1-8H3,(H,28,31)(H,29,33). The molecule has 1 aromatic carbocycles. The van der Waals surface area contributed by atoms with Gasteiger partial charge in [0.05, 0.1) is 0 Å². The van der Waals surface area contributed by atoms with Crippen molar-refractivity contribution < 1.29 is 19.1 Å². The first-order valence-electron chi connectivity index (χ1n) is 12.6. The highest BCUT2D eigenvalue weighted by Gasteiger charge is 2.37. The van der Waals surface area contributed by atoms with Crippen LogP contribution in [-0.2, 0) is 14.3 Å². The summed E-state index contributed by atoms with van der Waals surface area (Å²) in [6.45, 7) is 15.6. The molecule has 1 aromatic rings. The van der Waals surface area contributed by atoms with E-state index in [1.807, 2.05) is 58.0 Å². The number of carbonyl (C=O) groups is 3. The van der Waals surface area contributed by atoms with E-state index in [0.29, 0.717) is 13.0 Å². The number of amides is 3. The number of carbonyl (C=O) groups excluding carboxylic acids is 3. The summed E-state index contributed by atoms with van der Waals surface area (Å²) in [4.78, 5) is 41.7. The van der Waals surface area contributed by atoms with Gasteiger partial charge >= 0.3 is 6.09 Å². The van der Waals surface area contributed by atoms with Crippen LogP contribution in [0.15, 0.2) is 30.3 Å². The minimum atomic E-state index is -0.806. The van der Waals surface area contributed by atoms with Gasteiger partial charge in [-0.3, -0.25) is 9.59 Å². The van der Waals surface area contributed by atoms with Gasteiger partial charge in [-0.15, -0.1) is 0 Å². The zero-order chi connectivity index (χ0) is 25.9. The molecule has 0 aliphatic rings. The predicted octanol–water partition coefficient (Wildman–Crippen LogP) is 5.21. The van der Waals surface area contributed by atoms with Crippen molar-refractivity contribution in [3.63, 3.8) is 0 Å². The molecule has 1 rings (SSSR count). The lowest BCUT2D eigenvalue weighted by Gasteiger charge is -2.36.